The Kier molecular flexibility index (Phi) is 18.3. The van der Waals surface area contributed by atoms with Crippen molar-refractivity contribution < 1.29 is 22.3 Å². The Hall–Kier alpha value is -3.10. The fraction of sp³-hybridized carbons (Fsp3) is 0.682. The molecule has 1 aliphatic carbocycles. The lowest BCUT2D eigenvalue weighted by molar-refractivity contribution is -0.138. The number of hydrogen-bond acceptors (Lipinski definition) is 5. The van der Waals surface area contributed by atoms with E-state index in [4.69, 9.17) is 15.5 Å². The standard InChI is InChI=1S/C44H70F4N4O/c1-13-17-18-19-23-43(11,27-31(8)16-4)28-53-40(20-14-2)50-37-26-35(42-41(44(46,47)48)32(9)24-39(49)51-42)36(45)25-34(37)33(10)52(12)38(29(5)6)22-21-30(7)15-3/h20,24-26,29-31,38H,13-19,21-23,27-28H2,1-12H3,(H2,49,51)/b34-33+,40-20-,50-37-. The minimum Gasteiger partial charge on any atom is -0.477 e. The summed E-state index contributed by atoms with van der Waals surface area (Å²) < 4.78 is 66.4. The third-order valence-corrected chi connectivity index (χ3v) is 11.0. The second-order valence-electron chi connectivity index (χ2n) is 16.2. The van der Waals surface area contributed by atoms with Crippen molar-refractivity contribution in [1.82, 2.24) is 9.88 Å². The van der Waals surface area contributed by atoms with Crippen molar-refractivity contribution in [2.24, 2.45) is 28.2 Å². The van der Waals surface area contributed by atoms with Crippen LogP contribution in [0.2, 0.25) is 0 Å². The van der Waals surface area contributed by atoms with Crippen LogP contribution in [0.15, 0.2) is 52.3 Å². The maximum absolute atomic E-state index is 16.4. The predicted molar refractivity (Wildman–Crippen MR) is 216 cm³/mol. The van der Waals surface area contributed by atoms with Crippen molar-refractivity contribution in [2.45, 2.75) is 159 Å². The molecule has 300 valence electrons. The van der Waals surface area contributed by atoms with Gasteiger partial charge in [0.2, 0.25) is 5.88 Å². The minimum atomic E-state index is -4.78. The summed E-state index contributed by atoms with van der Waals surface area (Å²) in [5, 5.41) is 0. The Bertz CT molecular complexity index is 1490. The zero-order valence-corrected chi connectivity index (χ0v) is 34.9. The van der Waals surface area contributed by atoms with Gasteiger partial charge in [0, 0.05) is 35.3 Å². The zero-order valence-electron chi connectivity index (χ0n) is 34.9. The molecule has 4 unspecified atom stereocenters. The lowest BCUT2D eigenvalue weighted by atomic mass is 9.77. The molecule has 53 heavy (non-hydrogen) atoms. The number of nitrogen functional groups attached to an aromatic ring is 1. The molecule has 2 N–H and O–H groups in total. The molecule has 0 radical (unpaired) electrons. The summed E-state index contributed by atoms with van der Waals surface area (Å²) in [6.45, 7) is 23.5. The Morgan fingerprint density at radius 3 is 2.23 bits per heavy atom. The van der Waals surface area contributed by atoms with Crippen molar-refractivity contribution in [3.8, 4) is 0 Å². The second-order valence-corrected chi connectivity index (χ2v) is 16.2. The van der Waals surface area contributed by atoms with Gasteiger partial charge in [-0.3, -0.25) is 0 Å². The molecule has 0 spiro atoms. The van der Waals surface area contributed by atoms with E-state index in [-0.39, 0.29) is 28.4 Å². The highest BCUT2D eigenvalue weighted by Crippen LogP contribution is 2.42. The van der Waals surface area contributed by atoms with Gasteiger partial charge in [0.1, 0.15) is 11.6 Å². The summed E-state index contributed by atoms with van der Waals surface area (Å²) in [7, 11) is 2.01. The number of hydrogen-bond donors (Lipinski definition) is 1. The second kappa shape index (κ2) is 21.1. The first-order chi connectivity index (χ1) is 24.8. The molecule has 0 fully saturated rings. The summed E-state index contributed by atoms with van der Waals surface area (Å²) in [4.78, 5) is 11.2. The van der Waals surface area contributed by atoms with Gasteiger partial charge in [0.05, 0.1) is 23.6 Å². The van der Waals surface area contributed by atoms with E-state index < -0.39 is 23.3 Å². The van der Waals surface area contributed by atoms with Crippen molar-refractivity contribution in [3.05, 3.63) is 64.1 Å². The van der Waals surface area contributed by atoms with E-state index in [1.807, 2.05) is 27.0 Å². The molecular weight excluding hydrogens is 677 g/mol. The van der Waals surface area contributed by atoms with Gasteiger partial charge in [-0.15, -0.1) is 0 Å². The van der Waals surface area contributed by atoms with E-state index in [1.54, 1.807) is 0 Å². The van der Waals surface area contributed by atoms with Crippen LogP contribution < -0.4 is 5.73 Å². The lowest BCUT2D eigenvalue weighted by Crippen LogP contribution is -2.36. The van der Waals surface area contributed by atoms with Crippen molar-refractivity contribution in [3.63, 3.8) is 0 Å². The number of nitrogens with zero attached hydrogens (tertiary/aromatic N) is 3. The van der Waals surface area contributed by atoms with Gasteiger partial charge in [-0.2, -0.15) is 13.2 Å². The first-order valence-corrected chi connectivity index (χ1v) is 20.1. The van der Waals surface area contributed by atoms with Crippen molar-refractivity contribution >= 4 is 17.1 Å². The van der Waals surface area contributed by atoms with Crippen LogP contribution in [0, 0.1) is 30.1 Å². The highest BCUT2D eigenvalue weighted by atomic mass is 19.4. The number of aliphatic imine (C=N–C) groups is 1. The van der Waals surface area contributed by atoms with Crippen LogP contribution in [-0.4, -0.2) is 35.3 Å². The van der Waals surface area contributed by atoms with Crippen LogP contribution in [-0.2, 0) is 10.9 Å². The average Bonchev–Trinajstić information content (AvgIpc) is 3.08. The van der Waals surface area contributed by atoms with E-state index in [9.17, 15) is 13.2 Å². The number of anilines is 1. The van der Waals surface area contributed by atoms with Crippen LogP contribution in [0.4, 0.5) is 23.4 Å². The molecular formula is C44H70F4N4O. The van der Waals surface area contributed by atoms with Crippen LogP contribution in [0.1, 0.15) is 157 Å². The molecule has 9 heteroatoms. The molecule has 0 amide bonds. The minimum absolute atomic E-state index is 0.0880. The van der Waals surface area contributed by atoms with Crippen molar-refractivity contribution in [2.75, 3.05) is 19.4 Å². The fourth-order valence-electron chi connectivity index (χ4n) is 7.32. The maximum Gasteiger partial charge on any atom is 0.418 e. The normalized spacial score (nSPS) is 18.7. The monoisotopic (exact) mass is 747 g/mol. The van der Waals surface area contributed by atoms with E-state index >= 15 is 4.39 Å². The predicted octanol–water partition coefficient (Wildman–Crippen LogP) is 13.4. The summed E-state index contributed by atoms with van der Waals surface area (Å²) in [6.07, 6.45) is 11.3. The number of rotatable bonds is 21. The Morgan fingerprint density at radius 2 is 1.66 bits per heavy atom. The van der Waals surface area contributed by atoms with E-state index in [2.05, 4.69) is 65.3 Å². The van der Waals surface area contributed by atoms with Crippen molar-refractivity contribution in [1.29, 1.82) is 0 Å². The smallest absolute Gasteiger partial charge is 0.418 e. The topological polar surface area (TPSA) is 63.7 Å². The van der Waals surface area contributed by atoms with Crippen LogP contribution in [0.3, 0.4) is 0 Å². The summed E-state index contributed by atoms with van der Waals surface area (Å²) in [5.41, 5.74) is 5.46. The molecule has 4 atom stereocenters. The number of allylic oxidation sites excluding steroid dienone is 7. The van der Waals surface area contributed by atoms with Crippen LogP contribution in [0.5, 0.6) is 0 Å². The first-order valence-electron chi connectivity index (χ1n) is 20.1. The third-order valence-electron chi connectivity index (χ3n) is 11.0. The molecule has 1 aromatic rings. The molecule has 1 heterocycles. The number of ether oxygens (including phenoxy) is 1. The molecule has 5 nitrogen and oxygen atoms in total. The fourth-order valence-corrected chi connectivity index (χ4v) is 7.32. The highest BCUT2D eigenvalue weighted by molar-refractivity contribution is 6.18. The molecule has 1 aliphatic rings. The van der Waals surface area contributed by atoms with Gasteiger partial charge in [-0.1, -0.05) is 101 Å². The first kappa shape index (κ1) is 46.1. The number of aromatic nitrogens is 1. The summed E-state index contributed by atoms with van der Waals surface area (Å²) in [5.74, 6) is 0.819. The van der Waals surface area contributed by atoms with Gasteiger partial charge in [-0.25, -0.2) is 14.4 Å². The van der Waals surface area contributed by atoms with E-state index in [0.29, 0.717) is 47.9 Å². The quantitative estimate of drug-likeness (QED) is 0.0773. The third kappa shape index (κ3) is 13.6. The largest absolute Gasteiger partial charge is 0.477 e. The maximum atomic E-state index is 16.4. The highest BCUT2D eigenvalue weighted by Gasteiger charge is 2.39. The summed E-state index contributed by atoms with van der Waals surface area (Å²) >= 11 is 0. The van der Waals surface area contributed by atoms with Crippen LogP contribution in [0.25, 0.3) is 5.57 Å². The van der Waals surface area contributed by atoms with Gasteiger partial charge in [-0.05, 0) is 93.6 Å². The zero-order chi connectivity index (χ0) is 40.1. The molecule has 0 bridgehead atoms. The number of unbranched alkanes of at least 4 members (excludes halogenated alkanes) is 3. The Balaban J connectivity index is 2.81. The average molecular weight is 747 g/mol. The molecule has 0 saturated heterocycles. The molecule has 0 saturated carbocycles. The SMILES string of the molecule is CC/C=C(/N=C1/C=C(c2nc(N)cc(C)c2C(F)(F)F)C(F)=C/C1=C(/C)N(C)C(CCC(C)CC)C(C)C)OCC(C)(CCCCCC)CC(C)CC. The number of nitrogens with two attached hydrogens (primary N) is 1. The Labute approximate surface area is 319 Å². The molecule has 0 aromatic carbocycles. The van der Waals surface area contributed by atoms with E-state index in [0.717, 1.165) is 56.7 Å². The molecule has 0 aliphatic heterocycles. The molecule has 2 rings (SSSR count). The lowest BCUT2D eigenvalue weighted by Gasteiger charge is -2.36. The van der Waals surface area contributed by atoms with Crippen LogP contribution >= 0.6 is 0 Å². The number of halogens is 4. The number of aryl methyl sites for hydroxylation is 1. The van der Waals surface area contributed by atoms with E-state index in [1.165, 1.54) is 38.3 Å². The van der Waals surface area contributed by atoms with Gasteiger partial charge >= 0.3 is 6.18 Å². The number of pyridine rings is 1. The number of alkyl halides is 3. The van der Waals surface area contributed by atoms with Gasteiger partial charge in [0.15, 0.2) is 0 Å². The molecule has 1 aromatic heterocycles. The summed E-state index contributed by atoms with van der Waals surface area (Å²) in [6, 6.07) is 1.32. The van der Waals surface area contributed by atoms with Gasteiger partial charge < -0.3 is 15.4 Å². The van der Waals surface area contributed by atoms with Gasteiger partial charge in [0.25, 0.3) is 0 Å². The Morgan fingerprint density at radius 1 is 1.00 bits per heavy atom.